The van der Waals surface area contributed by atoms with Crippen LogP contribution in [0.15, 0.2) is 24.3 Å². The lowest BCUT2D eigenvalue weighted by Gasteiger charge is -2.08. The second-order valence-corrected chi connectivity index (χ2v) is 3.52. The lowest BCUT2D eigenvalue weighted by atomic mass is 10.1. The van der Waals surface area contributed by atoms with E-state index in [1.807, 2.05) is 0 Å². The number of esters is 1. The molecule has 0 spiro atoms. The van der Waals surface area contributed by atoms with Gasteiger partial charge in [-0.1, -0.05) is 18.2 Å². The van der Waals surface area contributed by atoms with Gasteiger partial charge in [-0.15, -0.1) is 0 Å². The third-order valence-electron chi connectivity index (χ3n) is 2.12. The Morgan fingerprint density at radius 1 is 1.28 bits per heavy atom. The highest BCUT2D eigenvalue weighted by atomic mass is 19.4. The van der Waals surface area contributed by atoms with Gasteiger partial charge in [-0.05, 0) is 18.6 Å². The van der Waals surface area contributed by atoms with Crippen LogP contribution in [0.4, 0.5) is 13.2 Å². The van der Waals surface area contributed by atoms with E-state index in [4.69, 9.17) is 0 Å². The molecular weight excluding hydrogens is 249 g/mol. The van der Waals surface area contributed by atoms with E-state index in [1.165, 1.54) is 19.1 Å². The van der Waals surface area contributed by atoms with Crippen molar-refractivity contribution in [1.29, 1.82) is 0 Å². The van der Waals surface area contributed by atoms with Crippen LogP contribution in [0.3, 0.4) is 0 Å². The van der Waals surface area contributed by atoms with E-state index in [1.54, 1.807) is 0 Å². The highest BCUT2D eigenvalue weighted by Gasteiger charge is 2.30. The van der Waals surface area contributed by atoms with E-state index in [0.29, 0.717) is 0 Å². The summed E-state index contributed by atoms with van der Waals surface area (Å²) >= 11 is 0. The molecule has 0 bridgehead atoms. The van der Waals surface area contributed by atoms with Crippen molar-refractivity contribution in [3.63, 3.8) is 0 Å². The van der Waals surface area contributed by atoms with Crippen LogP contribution in [0.5, 0.6) is 0 Å². The van der Waals surface area contributed by atoms with Gasteiger partial charge in [-0.2, -0.15) is 13.2 Å². The Morgan fingerprint density at radius 3 is 2.50 bits per heavy atom. The van der Waals surface area contributed by atoms with Gasteiger partial charge >= 0.3 is 12.1 Å². The van der Waals surface area contributed by atoms with Crippen LogP contribution in [0, 0.1) is 0 Å². The summed E-state index contributed by atoms with van der Waals surface area (Å²) in [7, 11) is 0. The van der Waals surface area contributed by atoms with E-state index in [0.717, 1.165) is 12.1 Å². The van der Waals surface area contributed by atoms with Gasteiger partial charge in [0, 0.05) is 6.42 Å². The van der Waals surface area contributed by atoms with Gasteiger partial charge in [0.2, 0.25) is 5.78 Å². The molecule has 98 valence electrons. The van der Waals surface area contributed by atoms with E-state index in [-0.39, 0.29) is 12.2 Å². The molecule has 6 heteroatoms. The van der Waals surface area contributed by atoms with Crippen molar-refractivity contribution >= 4 is 11.8 Å². The van der Waals surface area contributed by atoms with Crippen LogP contribution in [-0.2, 0) is 26.9 Å². The third-order valence-corrected chi connectivity index (χ3v) is 2.12. The maximum Gasteiger partial charge on any atom is 0.416 e. The predicted octanol–water partition coefficient (Wildman–Crippen LogP) is 2.38. The number of hydrogen-bond donors (Lipinski definition) is 0. The normalized spacial score (nSPS) is 11.1. The molecule has 0 heterocycles. The van der Waals surface area contributed by atoms with Crippen LogP contribution in [0.1, 0.15) is 18.1 Å². The van der Waals surface area contributed by atoms with Crippen molar-refractivity contribution in [2.75, 3.05) is 6.61 Å². The summed E-state index contributed by atoms with van der Waals surface area (Å²) in [6, 6.07) is 4.29. The number of alkyl halides is 3. The fourth-order valence-corrected chi connectivity index (χ4v) is 1.33. The summed E-state index contributed by atoms with van der Waals surface area (Å²) in [4.78, 5) is 22.3. The van der Waals surface area contributed by atoms with Crippen LogP contribution in [0.2, 0.25) is 0 Å². The summed E-state index contributed by atoms with van der Waals surface area (Å²) < 4.78 is 41.7. The van der Waals surface area contributed by atoms with Crippen molar-refractivity contribution in [2.24, 2.45) is 0 Å². The number of Topliss-reactive ketones (excluding diaryl/α,β-unsaturated/α-hetero) is 1. The summed E-state index contributed by atoms with van der Waals surface area (Å²) in [5.41, 5.74) is -0.723. The highest BCUT2D eigenvalue weighted by Crippen LogP contribution is 2.29. The second kappa shape index (κ2) is 5.66. The highest BCUT2D eigenvalue weighted by molar-refractivity contribution is 6.34. The van der Waals surface area contributed by atoms with Crippen molar-refractivity contribution in [3.8, 4) is 0 Å². The zero-order chi connectivity index (χ0) is 13.8. The summed E-state index contributed by atoms with van der Waals surface area (Å²) in [5, 5.41) is 0. The number of benzene rings is 1. The second-order valence-electron chi connectivity index (χ2n) is 3.52. The van der Waals surface area contributed by atoms with Crippen molar-refractivity contribution in [1.82, 2.24) is 0 Å². The fourth-order valence-electron chi connectivity index (χ4n) is 1.33. The molecule has 0 atom stereocenters. The molecule has 0 saturated carbocycles. The van der Waals surface area contributed by atoms with Crippen molar-refractivity contribution in [3.05, 3.63) is 35.4 Å². The Morgan fingerprint density at radius 2 is 1.94 bits per heavy atom. The van der Waals surface area contributed by atoms with Gasteiger partial charge < -0.3 is 4.74 Å². The Balaban J connectivity index is 2.80. The minimum absolute atomic E-state index is 0.0488. The Kier molecular flexibility index (Phi) is 4.47. The molecule has 0 saturated heterocycles. The molecule has 3 nitrogen and oxygen atoms in total. The molecule has 0 fully saturated rings. The number of rotatable bonds is 4. The van der Waals surface area contributed by atoms with E-state index in [9.17, 15) is 22.8 Å². The SMILES string of the molecule is CCOC(=O)C(=O)Cc1cccc(C(F)(F)F)c1. The molecule has 18 heavy (non-hydrogen) atoms. The topological polar surface area (TPSA) is 43.4 Å². The average Bonchev–Trinajstić information content (AvgIpc) is 2.28. The van der Waals surface area contributed by atoms with Gasteiger partial charge in [0.25, 0.3) is 0 Å². The summed E-state index contributed by atoms with van der Waals surface area (Å²) in [6.07, 6.45) is -4.87. The van der Waals surface area contributed by atoms with Gasteiger partial charge in [0.1, 0.15) is 0 Å². The predicted molar refractivity (Wildman–Crippen MR) is 56.8 cm³/mol. The lowest BCUT2D eigenvalue weighted by molar-refractivity contribution is -0.153. The standard InChI is InChI=1S/C12H11F3O3/c1-2-18-11(17)10(16)7-8-4-3-5-9(6-8)12(13,14)15/h3-6H,2,7H2,1H3. The largest absolute Gasteiger partial charge is 0.460 e. The van der Waals surface area contributed by atoms with Gasteiger partial charge in [-0.3, -0.25) is 4.79 Å². The summed E-state index contributed by atoms with van der Waals surface area (Å²) in [6.45, 7) is 1.59. The van der Waals surface area contributed by atoms with Gasteiger partial charge in [0.05, 0.1) is 12.2 Å². The molecule has 0 aliphatic rings. The zero-order valence-corrected chi connectivity index (χ0v) is 9.58. The monoisotopic (exact) mass is 260 g/mol. The van der Waals surface area contributed by atoms with Crippen LogP contribution >= 0.6 is 0 Å². The first-order valence-electron chi connectivity index (χ1n) is 5.20. The van der Waals surface area contributed by atoms with Crippen LogP contribution in [-0.4, -0.2) is 18.4 Å². The summed E-state index contributed by atoms with van der Waals surface area (Å²) in [5.74, 6) is -1.90. The fraction of sp³-hybridized carbons (Fsp3) is 0.333. The van der Waals surface area contributed by atoms with Crippen molar-refractivity contribution in [2.45, 2.75) is 19.5 Å². The molecule has 1 rings (SSSR count). The lowest BCUT2D eigenvalue weighted by Crippen LogP contribution is -2.19. The number of carbonyl (C=O) groups excluding carboxylic acids is 2. The number of ketones is 1. The Labute approximate surface area is 102 Å². The first-order valence-corrected chi connectivity index (χ1v) is 5.20. The van der Waals surface area contributed by atoms with E-state index in [2.05, 4.69) is 4.74 Å². The molecule has 0 N–H and O–H groups in total. The maximum atomic E-state index is 12.4. The third kappa shape index (κ3) is 3.87. The molecule has 0 aliphatic carbocycles. The smallest absolute Gasteiger partial charge is 0.416 e. The Bertz CT molecular complexity index is 452. The minimum Gasteiger partial charge on any atom is -0.460 e. The van der Waals surface area contributed by atoms with Crippen LogP contribution in [0.25, 0.3) is 0 Å². The molecule has 1 aromatic rings. The molecule has 0 aromatic heterocycles. The molecule has 1 aromatic carbocycles. The first-order chi connectivity index (χ1) is 8.34. The van der Waals surface area contributed by atoms with Crippen LogP contribution < -0.4 is 0 Å². The van der Waals surface area contributed by atoms with Gasteiger partial charge in [0.15, 0.2) is 0 Å². The Hall–Kier alpha value is -1.85. The number of ether oxygens (including phenoxy) is 1. The maximum absolute atomic E-state index is 12.4. The molecule has 0 aliphatic heterocycles. The molecule has 0 amide bonds. The minimum atomic E-state index is -4.47. The van der Waals surface area contributed by atoms with Gasteiger partial charge in [-0.25, -0.2) is 4.79 Å². The number of halogens is 3. The zero-order valence-electron chi connectivity index (χ0n) is 9.58. The quantitative estimate of drug-likeness (QED) is 0.616. The van der Waals surface area contributed by atoms with Crippen molar-refractivity contribution < 1.29 is 27.5 Å². The van der Waals surface area contributed by atoms with E-state index >= 15 is 0 Å². The molecule has 0 radical (unpaired) electrons. The molecular formula is C12H11F3O3. The number of hydrogen-bond acceptors (Lipinski definition) is 3. The average molecular weight is 260 g/mol. The van der Waals surface area contributed by atoms with E-state index < -0.39 is 29.9 Å². The molecule has 0 unspecified atom stereocenters. The number of carbonyl (C=O) groups is 2. The first kappa shape index (κ1) is 14.2.